The molecule has 1 N–H and O–H groups in total. The summed E-state index contributed by atoms with van der Waals surface area (Å²) in [5.74, 6) is 1.49. The quantitative estimate of drug-likeness (QED) is 0.179. The second-order valence-corrected chi connectivity index (χ2v) is 15.1. The third-order valence-corrected chi connectivity index (χ3v) is 13.1. The minimum Gasteiger partial charge on any atom is -0.469 e. The third kappa shape index (κ3) is 3.10. The first-order valence-electron chi connectivity index (χ1n) is 14.2. The van der Waals surface area contributed by atoms with Crippen LogP contribution in [0.25, 0.3) is 0 Å². The fraction of sp³-hybridized carbons (Fsp3) is 0.871. The van der Waals surface area contributed by atoms with Crippen molar-refractivity contribution in [1.29, 1.82) is 0 Å². The zero-order valence-electron chi connectivity index (χ0n) is 23.6. The monoisotopic (exact) mass is 483 g/mol. The Labute approximate surface area is 213 Å². The Hall–Kier alpha value is -1.32. The number of allylic oxidation sites excluding steroid dienone is 2. The van der Waals surface area contributed by atoms with Crippen LogP contribution in [0.15, 0.2) is 16.8 Å². The highest BCUT2D eigenvalue weighted by Gasteiger charge is 2.69. The highest BCUT2D eigenvalue weighted by atomic mass is 16.5. The maximum absolute atomic E-state index is 13.4. The molecule has 0 bridgehead atoms. The van der Waals surface area contributed by atoms with Crippen molar-refractivity contribution in [2.45, 2.75) is 113 Å². The number of fused-ring (bicyclic) bond motifs is 7. The molecular formula is C31H49NO3. The molecule has 0 aromatic heterocycles. The first kappa shape index (κ1) is 25.3. The number of ether oxygens (including phenoxy) is 1. The molecular weight excluding hydrogens is 434 g/mol. The Kier molecular flexibility index (Phi) is 5.50. The number of esters is 1. The fourth-order valence-electron chi connectivity index (χ4n) is 10.8. The van der Waals surface area contributed by atoms with E-state index in [0.29, 0.717) is 17.8 Å². The van der Waals surface area contributed by atoms with Crippen molar-refractivity contribution in [2.24, 2.45) is 55.4 Å². The van der Waals surface area contributed by atoms with Crippen LogP contribution in [0.4, 0.5) is 0 Å². The SMILES string of the molecule is COC(=O)[C@]12CCC(C)(C)C[C@H]1C1=CC[C@H]3[C@@]4(C)CC/C(=N/O)C(C)(C)[C@@H]4CC[C@@]3(C)[C@]1(C)CC2. The van der Waals surface area contributed by atoms with Gasteiger partial charge in [0.05, 0.1) is 18.2 Å². The summed E-state index contributed by atoms with van der Waals surface area (Å²) in [5.41, 5.74) is 3.02. The average Bonchev–Trinajstić information content (AvgIpc) is 2.78. The summed E-state index contributed by atoms with van der Waals surface area (Å²) in [4.78, 5) is 13.4. The molecule has 0 radical (unpaired) electrons. The van der Waals surface area contributed by atoms with E-state index in [0.717, 1.165) is 57.1 Å². The number of nitrogens with zero attached hydrogens (tertiary/aromatic N) is 1. The molecule has 5 aliphatic carbocycles. The normalized spacial score (nSPS) is 49.1. The van der Waals surface area contributed by atoms with E-state index in [1.54, 1.807) is 12.7 Å². The fourth-order valence-corrected chi connectivity index (χ4v) is 10.8. The van der Waals surface area contributed by atoms with E-state index >= 15 is 0 Å². The molecule has 5 rings (SSSR count). The lowest BCUT2D eigenvalue weighted by molar-refractivity contribution is -0.181. The van der Waals surface area contributed by atoms with Crippen molar-refractivity contribution in [2.75, 3.05) is 7.11 Å². The Morgan fingerprint density at radius 2 is 1.66 bits per heavy atom. The van der Waals surface area contributed by atoms with Crippen LogP contribution in [0.2, 0.25) is 0 Å². The van der Waals surface area contributed by atoms with Crippen molar-refractivity contribution in [3.05, 3.63) is 11.6 Å². The summed E-state index contributed by atoms with van der Waals surface area (Å²) in [5, 5.41) is 13.5. The third-order valence-electron chi connectivity index (χ3n) is 13.1. The van der Waals surface area contributed by atoms with Crippen LogP contribution in [0.3, 0.4) is 0 Å². The van der Waals surface area contributed by atoms with Crippen LogP contribution >= 0.6 is 0 Å². The summed E-state index contributed by atoms with van der Waals surface area (Å²) >= 11 is 0. The van der Waals surface area contributed by atoms with E-state index < -0.39 is 0 Å². The van der Waals surface area contributed by atoms with Crippen molar-refractivity contribution in [3.8, 4) is 0 Å². The van der Waals surface area contributed by atoms with Gasteiger partial charge in [-0.3, -0.25) is 4.79 Å². The number of rotatable bonds is 1. The molecule has 4 saturated carbocycles. The number of carbonyl (C=O) groups excluding carboxylic acids is 1. The lowest BCUT2D eigenvalue weighted by Crippen LogP contribution is -2.64. The highest BCUT2D eigenvalue weighted by molar-refractivity contribution is 5.90. The largest absolute Gasteiger partial charge is 0.469 e. The molecule has 196 valence electrons. The van der Waals surface area contributed by atoms with Crippen LogP contribution in [-0.2, 0) is 9.53 Å². The van der Waals surface area contributed by atoms with Crippen molar-refractivity contribution >= 4 is 11.7 Å². The predicted molar refractivity (Wildman–Crippen MR) is 140 cm³/mol. The molecule has 0 amide bonds. The minimum atomic E-state index is -0.334. The van der Waals surface area contributed by atoms with Crippen molar-refractivity contribution < 1.29 is 14.7 Å². The van der Waals surface area contributed by atoms with E-state index in [2.05, 4.69) is 59.7 Å². The molecule has 0 aliphatic heterocycles. The number of hydrogen-bond donors (Lipinski definition) is 1. The van der Waals surface area contributed by atoms with E-state index in [1.807, 2.05) is 0 Å². The zero-order valence-corrected chi connectivity index (χ0v) is 23.6. The number of carbonyl (C=O) groups is 1. The number of hydrogen-bond acceptors (Lipinski definition) is 4. The second kappa shape index (κ2) is 7.60. The Morgan fingerprint density at radius 1 is 0.971 bits per heavy atom. The van der Waals surface area contributed by atoms with E-state index in [4.69, 9.17) is 4.74 Å². The smallest absolute Gasteiger partial charge is 0.312 e. The molecule has 35 heavy (non-hydrogen) atoms. The molecule has 0 spiro atoms. The van der Waals surface area contributed by atoms with Crippen LogP contribution in [0, 0.1) is 50.2 Å². The van der Waals surface area contributed by atoms with Gasteiger partial charge in [-0.1, -0.05) is 65.3 Å². The molecule has 0 saturated heterocycles. The average molecular weight is 484 g/mol. The van der Waals surface area contributed by atoms with Gasteiger partial charge < -0.3 is 9.94 Å². The zero-order chi connectivity index (χ0) is 25.7. The lowest BCUT2D eigenvalue weighted by Gasteiger charge is -2.70. The molecule has 7 atom stereocenters. The number of methoxy groups -OCH3 is 1. The molecule has 0 aromatic carbocycles. The van der Waals surface area contributed by atoms with Gasteiger partial charge in [0.15, 0.2) is 0 Å². The Balaban J connectivity index is 1.60. The summed E-state index contributed by atoms with van der Waals surface area (Å²) in [7, 11) is 1.59. The molecule has 0 aromatic rings. The Bertz CT molecular complexity index is 978. The van der Waals surface area contributed by atoms with Gasteiger partial charge in [-0.2, -0.15) is 0 Å². The molecule has 0 unspecified atom stereocenters. The van der Waals surface area contributed by atoms with Crippen molar-refractivity contribution in [1.82, 2.24) is 0 Å². The van der Waals surface area contributed by atoms with E-state index in [9.17, 15) is 10.0 Å². The van der Waals surface area contributed by atoms with Gasteiger partial charge in [0.2, 0.25) is 0 Å². The van der Waals surface area contributed by atoms with Gasteiger partial charge in [0, 0.05) is 5.41 Å². The van der Waals surface area contributed by atoms with E-state index in [1.165, 1.54) is 12.8 Å². The second-order valence-electron chi connectivity index (χ2n) is 15.1. The van der Waals surface area contributed by atoms with Crippen molar-refractivity contribution in [3.63, 3.8) is 0 Å². The van der Waals surface area contributed by atoms with Gasteiger partial charge in [0.1, 0.15) is 0 Å². The standard InChI is InChI=1S/C31H49NO3/c1-26(2)15-17-31(25(33)35-8)18-16-29(6)20(21(31)19-26)9-10-23-28(5)13-12-24(32-34)27(3,4)22(28)11-14-30(23,29)7/h9,21-23,34H,10-19H2,1-8H3/b32-24-/t21-,22-,23-,28-,29+,30+,31-/m0/s1. The number of oxime groups is 1. The summed E-state index contributed by atoms with van der Waals surface area (Å²) in [6.45, 7) is 17.1. The van der Waals surface area contributed by atoms with Crippen LogP contribution < -0.4 is 0 Å². The molecule has 4 nitrogen and oxygen atoms in total. The van der Waals surface area contributed by atoms with Gasteiger partial charge in [0.25, 0.3) is 0 Å². The summed E-state index contributed by atoms with van der Waals surface area (Å²) in [6.07, 6.45) is 13.4. The Morgan fingerprint density at radius 3 is 2.31 bits per heavy atom. The van der Waals surface area contributed by atoms with Gasteiger partial charge >= 0.3 is 5.97 Å². The molecule has 0 heterocycles. The maximum atomic E-state index is 13.4. The van der Waals surface area contributed by atoms with Gasteiger partial charge in [-0.25, -0.2) is 0 Å². The van der Waals surface area contributed by atoms with Gasteiger partial charge in [-0.15, -0.1) is 0 Å². The topological polar surface area (TPSA) is 58.9 Å². The lowest BCUT2D eigenvalue weighted by atomic mass is 9.33. The predicted octanol–water partition coefficient (Wildman–Crippen LogP) is 7.79. The highest BCUT2D eigenvalue weighted by Crippen LogP contribution is 2.75. The first-order valence-corrected chi connectivity index (χ1v) is 14.2. The molecule has 5 aliphatic rings. The molecule has 4 fully saturated rings. The van der Waals surface area contributed by atoms with E-state index in [-0.39, 0.29) is 38.5 Å². The van der Waals surface area contributed by atoms with Gasteiger partial charge in [-0.05, 0) is 104 Å². The van der Waals surface area contributed by atoms with Crippen LogP contribution in [0.1, 0.15) is 113 Å². The van der Waals surface area contributed by atoms with Crippen LogP contribution in [-0.4, -0.2) is 24.0 Å². The minimum absolute atomic E-state index is 0.0359. The first-order chi connectivity index (χ1) is 16.2. The van der Waals surface area contributed by atoms with Crippen LogP contribution in [0.5, 0.6) is 0 Å². The summed E-state index contributed by atoms with van der Waals surface area (Å²) in [6, 6.07) is 0. The molecule has 4 heteroatoms. The summed E-state index contributed by atoms with van der Waals surface area (Å²) < 4.78 is 5.50. The maximum Gasteiger partial charge on any atom is 0.312 e.